The van der Waals surface area contributed by atoms with Crippen LogP contribution >= 0.6 is 0 Å². The topological polar surface area (TPSA) is 107 Å². The lowest BCUT2D eigenvalue weighted by atomic mass is 9.93. The molecule has 4 rings (SSSR count). The Hall–Kier alpha value is -4.31. The first-order valence-corrected chi connectivity index (χ1v) is 11.4. The van der Waals surface area contributed by atoms with Gasteiger partial charge in [0.1, 0.15) is 0 Å². The van der Waals surface area contributed by atoms with Crippen molar-refractivity contribution in [3.63, 3.8) is 0 Å². The Balaban J connectivity index is 1.52. The van der Waals surface area contributed by atoms with Gasteiger partial charge in [0.2, 0.25) is 0 Å². The van der Waals surface area contributed by atoms with Gasteiger partial charge in [-0.1, -0.05) is 29.5 Å². The summed E-state index contributed by atoms with van der Waals surface area (Å²) in [5.41, 5.74) is 3.44. The highest BCUT2D eigenvalue weighted by atomic mass is 16.5. The van der Waals surface area contributed by atoms with Crippen LogP contribution in [0.2, 0.25) is 0 Å². The molecule has 0 radical (unpaired) electrons. The third kappa shape index (κ3) is 5.18. The van der Waals surface area contributed by atoms with E-state index in [0.29, 0.717) is 41.8 Å². The van der Waals surface area contributed by atoms with Crippen LogP contribution < -0.4 is 5.32 Å². The monoisotopic (exact) mass is 488 g/mol. The van der Waals surface area contributed by atoms with Gasteiger partial charge in [-0.25, -0.2) is 4.79 Å². The summed E-state index contributed by atoms with van der Waals surface area (Å²) in [5, 5.41) is 13.7. The number of hydrogen-bond donors (Lipinski definition) is 1. The molecule has 10 nitrogen and oxygen atoms in total. The number of carbonyl (C=O) groups is 3. The summed E-state index contributed by atoms with van der Waals surface area (Å²) in [5.74, 6) is -0.531. The van der Waals surface area contributed by atoms with Crippen LogP contribution in [0.25, 0.3) is 10.8 Å². The molecule has 186 valence electrons. The van der Waals surface area contributed by atoms with Crippen LogP contribution in [0.1, 0.15) is 26.3 Å². The van der Waals surface area contributed by atoms with E-state index in [4.69, 9.17) is 0 Å². The highest BCUT2D eigenvalue weighted by Crippen LogP contribution is 2.33. The van der Waals surface area contributed by atoms with E-state index in [1.165, 1.54) is 19.1 Å². The minimum absolute atomic E-state index is 0.254. The summed E-state index contributed by atoms with van der Waals surface area (Å²) < 4.78 is 4.57. The maximum atomic E-state index is 13.3. The predicted molar refractivity (Wildman–Crippen MR) is 136 cm³/mol. The first-order chi connectivity index (χ1) is 17.3. The zero-order chi connectivity index (χ0) is 25.8. The third-order valence-electron chi connectivity index (χ3n) is 5.86. The fourth-order valence-corrected chi connectivity index (χ4v) is 3.93. The molecule has 0 fully saturated rings. The number of nitrogens with one attached hydrogen (secondary N) is 1. The van der Waals surface area contributed by atoms with Crippen LogP contribution in [0.15, 0.2) is 64.9 Å². The van der Waals surface area contributed by atoms with Gasteiger partial charge in [0.25, 0.3) is 11.8 Å². The Kier molecular flexibility index (Phi) is 7.25. The second kappa shape index (κ2) is 10.5. The van der Waals surface area contributed by atoms with Gasteiger partial charge >= 0.3 is 6.09 Å². The van der Waals surface area contributed by atoms with Crippen molar-refractivity contribution in [3.8, 4) is 0 Å². The Morgan fingerprint density at radius 3 is 2.42 bits per heavy atom. The van der Waals surface area contributed by atoms with E-state index in [-0.39, 0.29) is 11.8 Å². The highest BCUT2D eigenvalue weighted by Gasteiger charge is 2.32. The first-order valence-electron chi connectivity index (χ1n) is 11.4. The number of nitrogens with zero attached hydrogens (tertiary/aromatic N) is 5. The number of ether oxygens (including phenoxy) is 1. The molecule has 1 heterocycles. The molecule has 1 aliphatic heterocycles. The molecule has 3 amide bonds. The van der Waals surface area contributed by atoms with Gasteiger partial charge in [-0.15, -0.1) is 5.11 Å². The standard InChI is InChI=1S/C26H28N6O4/c1-30(2)12-13-32-24(33)21-7-5-6-18-14-20(15-22(23(18)21)25(32)34)27-16-17-8-10-19(11-9-17)28-29-31(3)26(35)36-4/h5-11,14-15,27H,12-13,16H2,1-4H3/b29-28+. The zero-order valence-corrected chi connectivity index (χ0v) is 20.7. The van der Waals surface area contributed by atoms with Crippen molar-refractivity contribution in [1.82, 2.24) is 14.8 Å². The van der Waals surface area contributed by atoms with Crippen molar-refractivity contribution in [2.24, 2.45) is 10.3 Å². The van der Waals surface area contributed by atoms with Crippen LogP contribution in [0, 0.1) is 0 Å². The summed E-state index contributed by atoms with van der Waals surface area (Å²) in [6.45, 7) is 1.44. The molecule has 36 heavy (non-hydrogen) atoms. The average Bonchev–Trinajstić information content (AvgIpc) is 2.88. The van der Waals surface area contributed by atoms with Crippen molar-refractivity contribution in [1.29, 1.82) is 0 Å². The van der Waals surface area contributed by atoms with Crippen LogP contribution in [0.4, 0.5) is 16.2 Å². The normalized spacial score (nSPS) is 13.1. The van der Waals surface area contributed by atoms with Crippen molar-refractivity contribution in [2.75, 3.05) is 46.7 Å². The number of benzene rings is 3. The van der Waals surface area contributed by atoms with E-state index in [9.17, 15) is 14.4 Å². The van der Waals surface area contributed by atoms with E-state index < -0.39 is 6.09 Å². The number of imide groups is 1. The quantitative estimate of drug-likeness (QED) is 0.288. The van der Waals surface area contributed by atoms with Crippen LogP contribution in [0.3, 0.4) is 0 Å². The lowest BCUT2D eigenvalue weighted by molar-refractivity contribution is 0.0601. The molecule has 1 N–H and O–H groups in total. The molecule has 0 bridgehead atoms. The lowest BCUT2D eigenvalue weighted by Gasteiger charge is -2.28. The average molecular weight is 489 g/mol. The second-order valence-corrected chi connectivity index (χ2v) is 8.70. The molecule has 0 aromatic heterocycles. The van der Waals surface area contributed by atoms with E-state index >= 15 is 0 Å². The van der Waals surface area contributed by atoms with E-state index in [1.807, 2.05) is 55.4 Å². The molecule has 0 aliphatic carbocycles. The summed E-state index contributed by atoms with van der Waals surface area (Å²) in [4.78, 5) is 40.9. The molecular weight excluding hydrogens is 460 g/mol. The Morgan fingerprint density at radius 2 is 1.72 bits per heavy atom. The molecule has 3 aromatic rings. The molecule has 10 heteroatoms. The van der Waals surface area contributed by atoms with Crippen molar-refractivity contribution < 1.29 is 19.1 Å². The van der Waals surface area contributed by atoms with Gasteiger partial charge in [0.15, 0.2) is 0 Å². The highest BCUT2D eigenvalue weighted by molar-refractivity contribution is 6.26. The Bertz CT molecular complexity index is 1340. The molecule has 0 spiro atoms. The van der Waals surface area contributed by atoms with Crippen LogP contribution in [-0.2, 0) is 11.3 Å². The van der Waals surface area contributed by atoms with E-state index in [0.717, 1.165) is 21.6 Å². The van der Waals surface area contributed by atoms with Crippen molar-refractivity contribution in [2.45, 2.75) is 6.54 Å². The SMILES string of the molecule is COC(=O)N(C)/N=N/c1ccc(CNc2cc3c4c(cccc4c2)C(=O)N(CCN(C)C)C3=O)cc1. The number of likely N-dealkylation sites (N-methyl/N-ethyl adjacent to an activating group) is 1. The second-order valence-electron chi connectivity index (χ2n) is 8.70. The number of methoxy groups -OCH3 is 1. The fraction of sp³-hybridized carbons (Fsp3) is 0.269. The van der Waals surface area contributed by atoms with Gasteiger partial charge in [-0.2, -0.15) is 5.01 Å². The first kappa shape index (κ1) is 24.8. The van der Waals surface area contributed by atoms with Gasteiger partial charge < -0.3 is 15.0 Å². The number of rotatable bonds is 8. The van der Waals surface area contributed by atoms with Crippen LogP contribution in [0.5, 0.6) is 0 Å². The number of anilines is 1. The summed E-state index contributed by atoms with van der Waals surface area (Å²) >= 11 is 0. The van der Waals surface area contributed by atoms with Crippen molar-refractivity contribution >= 4 is 40.1 Å². The zero-order valence-electron chi connectivity index (χ0n) is 20.7. The third-order valence-corrected chi connectivity index (χ3v) is 5.86. The molecular formula is C26H28N6O4. The Labute approximate surface area is 209 Å². The van der Waals surface area contributed by atoms with Gasteiger partial charge in [0.05, 0.1) is 18.4 Å². The maximum absolute atomic E-state index is 13.3. The lowest BCUT2D eigenvalue weighted by Crippen LogP contribution is -2.43. The minimum atomic E-state index is -0.607. The van der Waals surface area contributed by atoms with Crippen molar-refractivity contribution in [3.05, 3.63) is 71.3 Å². The minimum Gasteiger partial charge on any atom is -0.451 e. The van der Waals surface area contributed by atoms with Gasteiger partial charge in [-0.3, -0.25) is 14.5 Å². The summed E-state index contributed by atoms with van der Waals surface area (Å²) in [6.07, 6.45) is -0.607. The predicted octanol–water partition coefficient (Wildman–Crippen LogP) is 4.31. The molecule has 0 unspecified atom stereocenters. The largest absolute Gasteiger partial charge is 0.451 e. The van der Waals surface area contributed by atoms with Crippen LogP contribution in [-0.4, -0.2) is 74.1 Å². The number of amides is 3. The molecule has 0 saturated heterocycles. The fourth-order valence-electron chi connectivity index (χ4n) is 3.93. The molecule has 1 aliphatic rings. The molecule has 0 atom stereocenters. The van der Waals surface area contributed by atoms with E-state index in [2.05, 4.69) is 20.4 Å². The van der Waals surface area contributed by atoms with E-state index in [1.54, 1.807) is 18.2 Å². The maximum Gasteiger partial charge on any atom is 0.431 e. The van der Waals surface area contributed by atoms with Gasteiger partial charge in [-0.05, 0) is 55.4 Å². The Morgan fingerprint density at radius 1 is 1.00 bits per heavy atom. The summed E-state index contributed by atoms with van der Waals surface area (Å²) in [6, 6.07) is 16.7. The van der Waals surface area contributed by atoms with Gasteiger partial charge in [0, 0.05) is 43.3 Å². The summed E-state index contributed by atoms with van der Waals surface area (Å²) in [7, 11) is 6.55. The molecule has 3 aromatic carbocycles. The number of hydrogen-bond acceptors (Lipinski definition) is 8. The smallest absolute Gasteiger partial charge is 0.431 e. The molecule has 0 saturated carbocycles. The number of carbonyl (C=O) groups excluding carboxylic acids is 3.